The molecule has 2 rings (SSSR count). The van der Waals surface area contributed by atoms with Gasteiger partial charge in [0.1, 0.15) is 0 Å². The highest BCUT2D eigenvalue weighted by Crippen LogP contribution is 2.57. The van der Waals surface area contributed by atoms with Crippen molar-refractivity contribution < 1.29 is 8.42 Å². The molecule has 76 valence electrons. The van der Waals surface area contributed by atoms with Crippen molar-refractivity contribution in [2.45, 2.75) is 45.1 Å². The second-order valence-corrected chi connectivity index (χ2v) is 6.39. The van der Waals surface area contributed by atoms with Gasteiger partial charge in [-0.25, -0.2) is 13.1 Å². The quantitative estimate of drug-likeness (QED) is 0.750. The van der Waals surface area contributed by atoms with Crippen molar-refractivity contribution in [3.63, 3.8) is 0 Å². The zero-order chi connectivity index (χ0) is 9.53. The van der Waals surface area contributed by atoms with E-state index >= 15 is 0 Å². The molecule has 0 bridgehead atoms. The van der Waals surface area contributed by atoms with Crippen molar-refractivity contribution in [3.8, 4) is 0 Å². The molecule has 2 aliphatic carbocycles. The number of rotatable bonds is 3. The molecule has 0 aromatic carbocycles. The fourth-order valence-electron chi connectivity index (χ4n) is 2.45. The van der Waals surface area contributed by atoms with E-state index in [4.69, 9.17) is 0 Å². The summed E-state index contributed by atoms with van der Waals surface area (Å²) in [6, 6.07) is 0.264. The lowest BCUT2D eigenvalue weighted by atomic mass is 10.1. The maximum absolute atomic E-state index is 11.3. The smallest absolute Gasteiger partial charge is 0.211 e. The van der Waals surface area contributed by atoms with Crippen molar-refractivity contribution >= 4 is 10.0 Å². The van der Waals surface area contributed by atoms with Crippen molar-refractivity contribution in [3.05, 3.63) is 0 Å². The van der Waals surface area contributed by atoms with Crippen LogP contribution in [0.1, 0.15) is 39.0 Å². The van der Waals surface area contributed by atoms with E-state index in [0.29, 0.717) is 5.41 Å². The van der Waals surface area contributed by atoms with Gasteiger partial charge in [0.2, 0.25) is 10.0 Å². The molecule has 1 atom stereocenters. The Balaban J connectivity index is 1.93. The summed E-state index contributed by atoms with van der Waals surface area (Å²) in [5.41, 5.74) is 0.377. The summed E-state index contributed by atoms with van der Waals surface area (Å²) in [4.78, 5) is 0. The first-order chi connectivity index (χ1) is 6.08. The van der Waals surface area contributed by atoms with Crippen LogP contribution in [0.15, 0.2) is 0 Å². The molecule has 0 heterocycles. The minimum absolute atomic E-state index is 0.208. The molecule has 0 amide bonds. The Hall–Kier alpha value is -0.0900. The first-order valence-corrected chi connectivity index (χ1v) is 6.73. The molecular formula is C9H17NO2S. The molecule has 0 saturated heterocycles. The minimum Gasteiger partial charge on any atom is -0.212 e. The highest BCUT2D eigenvalue weighted by Gasteiger charge is 2.56. The van der Waals surface area contributed by atoms with Crippen molar-refractivity contribution in [2.75, 3.05) is 5.75 Å². The number of sulfonamides is 1. The highest BCUT2D eigenvalue weighted by molar-refractivity contribution is 7.89. The van der Waals surface area contributed by atoms with Crippen LogP contribution < -0.4 is 4.72 Å². The Morgan fingerprint density at radius 1 is 1.38 bits per heavy atom. The van der Waals surface area contributed by atoms with Gasteiger partial charge in [0.05, 0.1) is 5.75 Å². The average Bonchev–Trinajstić information content (AvgIpc) is 2.52. The van der Waals surface area contributed by atoms with E-state index in [0.717, 1.165) is 6.42 Å². The number of hydrogen-bond donors (Lipinski definition) is 1. The Labute approximate surface area is 80.0 Å². The molecule has 1 spiro atoms. The van der Waals surface area contributed by atoms with E-state index in [9.17, 15) is 8.42 Å². The molecule has 0 aromatic heterocycles. The van der Waals surface area contributed by atoms with Crippen LogP contribution in [-0.4, -0.2) is 20.2 Å². The number of nitrogens with one attached hydrogen (secondary N) is 1. The first kappa shape index (κ1) is 9.46. The molecule has 1 N–H and O–H groups in total. The predicted octanol–water partition coefficient (Wildman–Crippen LogP) is 1.26. The van der Waals surface area contributed by atoms with Crippen LogP contribution in [-0.2, 0) is 10.0 Å². The second kappa shape index (κ2) is 2.95. The molecule has 0 radical (unpaired) electrons. The lowest BCUT2D eigenvalue weighted by Gasteiger charge is -2.08. The standard InChI is InChI=1S/C9H17NO2S/c1-2-13(11,12)10-8-7-9(8)5-3-4-6-9/h8,10H,2-7H2,1H3. The van der Waals surface area contributed by atoms with Gasteiger partial charge in [0.15, 0.2) is 0 Å². The zero-order valence-electron chi connectivity index (χ0n) is 8.04. The molecule has 0 aromatic rings. The van der Waals surface area contributed by atoms with Crippen molar-refractivity contribution in [1.29, 1.82) is 0 Å². The molecule has 1 unspecified atom stereocenters. The van der Waals surface area contributed by atoms with Gasteiger partial charge in [0.25, 0.3) is 0 Å². The topological polar surface area (TPSA) is 46.2 Å². The SMILES string of the molecule is CCS(=O)(=O)NC1CC12CCCC2. The Bertz CT molecular complexity index is 291. The molecule has 2 fully saturated rings. The van der Waals surface area contributed by atoms with Crippen molar-refractivity contribution in [1.82, 2.24) is 4.72 Å². The molecule has 4 heteroatoms. The van der Waals surface area contributed by atoms with Crippen LogP contribution >= 0.6 is 0 Å². The molecule has 13 heavy (non-hydrogen) atoms. The van der Waals surface area contributed by atoms with Gasteiger partial charge in [-0.2, -0.15) is 0 Å². The average molecular weight is 203 g/mol. The fraction of sp³-hybridized carbons (Fsp3) is 1.00. The molecule has 3 nitrogen and oxygen atoms in total. The van der Waals surface area contributed by atoms with Gasteiger partial charge in [-0.3, -0.25) is 0 Å². The second-order valence-electron chi connectivity index (χ2n) is 4.35. The summed E-state index contributed by atoms with van der Waals surface area (Å²) >= 11 is 0. The molecule has 2 aliphatic rings. The van der Waals surface area contributed by atoms with Crippen LogP contribution in [0.2, 0.25) is 0 Å². The predicted molar refractivity (Wildman–Crippen MR) is 51.9 cm³/mol. The van der Waals surface area contributed by atoms with Crippen LogP contribution in [0.25, 0.3) is 0 Å². The summed E-state index contributed by atoms with van der Waals surface area (Å²) in [6.45, 7) is 1.69. The van der Waals surface area contributed by atoms with Gasteiger partial charge >= 0.3 is 0 Å². The van der Waals surface area contributed by atoms with Gasteiger partial charge in [-0.05, 0) is 31.6 Å². The molecule has 0 aliphatic heterocycles. The maximum Gasteiger partial charge on any atom is 0.211 e. The zero-order valence-corrected chi connectivity index (χ0v) is 8.86. The molecule has 2 saturated carbocycles. The van der Waals surface area contributed by atoms with Crippen LogP contribution in [0.5, 0.6) is 0 Å². The largest absolute Gasteiger partial charge is 0.212 e. The third kappa shape index (κ3) is 1.74. The van der Waals surface area contributed by atoms with E-state index in [2.05, 4.69) is 4.72 Å². The lowest BCUT2D eigenvalue weighted by molar-refractivity contribution is 0.491. The van der Waals surface area contributed by atoms with Crippen LogP contribution in [0.3, 0.4) is 0 Å². The molecular weight excluding hydrogens is 186 g/mol. The Kier molecular flexibility index (Phi) is 2.15. The van der Waals surface area contributed by atoms with Crippen LogP contribution in [0.4, 0.5) is 0 Å². The Morgan fingerprint density at radius 2 is 2.00 bits per heavy atom. The number of hydrogen-bond acceptors (Lipinski definition) is 2. The third-order valence-corrected chi connectivity index (χ3v) is 4.89. The van der Waals surface area contributed by atoms with Gasteiger partial charge in [-0.1, -0.05) is 12.8 Å². The third-order valence-electron chi connectivity index (χ3n) is 3.49. The minimum atomic E-state index is -2.97. The summed E-state index contributed by atoms with van der Waals surface area (Å²) < 4.78 is 25.3. The summed E-state index contributed by atoms with van der Waals surface area (Å²) in [6.07, 6.45) is 6.09. The highest BCUT2D eigenvalue weighted by atomic mass is 32.2. The monoisotopic (exact) mass is 203 g/mol. The van der Waals surface area contributed by atoms with Crippen molar-refractivity contribution in [2.24, 2.45) is 5.41 Å². The van der Waals surface area contributed by atoms with E-state index in [1.807, 2.05) is 0 Å². The normalized spacial score (nSPS) is 31.0. The fourth-order valence-corrected chi connectivity index (χ4v) is 3.38. The Morgan fingerprint density at radius 3 is 2.54 bits per heavy atom. The van der Waals surface area contributed by atoms with E-state index in [1.54, 1.807) is 6.92 Å². The first-order valence-electron chi connectivity index (χ1n) is 5.08. The van der Waals surface area contributed by atoms with Crippen LogP contribution in [0, 0.1) is 5.41 Å². The maximum atomic E-state index is 11.3. The van der Waals surface area contributed by atoms with E-state index in [1.165, 1.54) is 25.7 Å². The van der Waals surface area contributed by atoms with Gasteiger partial charge in [0, 0.05) is 6.04 Å². The van der Waals surface area contributed by atoms with Gasteiger partial charge in [-0.15, -0.1) is 0 Å². The summed E-state index contributed by atoms with van der Waals surface area (Å²) in [5.74, 6) is 0.208. The van der Waals surface area contributed by atoms with E-state index in [-0.39, 0.29) is 11.8 Å². The summed E-state index contributed by atoms with van der Waals surface area (Å²) in [7, 11) is -2.97. The summed E-state index contributed by atoms with van der Waals surface area (Å²) in [5, 5.41) is 0. The lowest BCUT2D eigenvalue weighted by Crippen LogP contribution is -2.30. The van der Waals surface area contributed by atoms with Gasteiger partial charge < -0.3 is 0 Å². The van der Waals surface area contributed by atoms with E-state index < -0.39 is 10.0 Å².